The number of aliphatic hydroxyl groups is 1. The highest BCUT2D eigenvalue weighted by molar-refractivity contribution is 7.47. The Hall–Kier alpha value is -2.46. The van der Waals surface area contributed by atoms with E-state index in [1.165, 1.54) is 173 Å². The Balaban J connectivity index is 5.31. The van der Waals surface area contributed by atoms with Gasteiger partial charge < -0.3 is 33.8 Å². The van der Waals surface area contributed by atoms with Crippen LogP contribution in [0.3, 0.4) is 0 Å². The first-order valence-corrected chi connectivity index (χ1v) is 43.2. The van der Waals surface area contributed by atoms with E-state index in [-0.39, 0.29) is 25.7 Å². The molecule has 0 radical (unpaired) electrons. The quantitative estimate of drug-likeness (QED) is 0.0169. The summed E-state index contributed by atoms with van der Waals surface area (Å²) in [4.78, 5) is 73.0. The molecule has 0 heterocycles. The first-order chi connectivity index (χ1) is 47.2. The van der Waals surface area contributed by atoms with Crippen molar-refractivity contribution in [3.63, 3.8) is 0 Å². The topological polar surface area (TPSA) is 237 Å². The average Bonchev–Trinajstić information content (AvgIpc) is 1.09. The summed E-state index contributed by atoms with van der Waals surface area (Å²) in [5.74, 6) is 0.158. The van der Waals surface area contributed by atoms with Gasteiger partial charge in [0, 0.05) is 25.7 Å². The van der Waals surface area contributed by atoms with E-state index in [2.05, 4.69) is 72.8 Å². The van der Waals surface area contributed by atoms with Gasteiger partial charge in [-0.25, -0.2) is 9.13 Å². The molecule has 0 saturated heterocycles. The number of unbranched alkanes of at least 4 members (excludes halogenated alkanes) is 40. The van der Waals surface area contributed by atoms with Crippen LogP contribution in [0.15, 0.2) is 24.3 Å². The van der Waals surface area contributed by atoms with E-state index in [0.717, 1.165) is 127 Å². The number of hydrogen-bond acceptors (Lipinski definition) is 15. The first kappa shape index (κ1) is 95.5. The maximum atomic E-state index is 13.1. The fourth-order valence-electron chi connectivity index (χ4n) is 11.6. The molecule has 0 aromatic carbocycles. The molecule has 17 nitrogen and oxygen atoms in total. The van der Waals surface area contributed by atoms with E-state index in [1.54, 1.807) is 0 Å². The first-order valence-electron chi connectivity index (χ1n) is 40.2. The average molecular weight is 1430 g/mol. The van der Waals surface area contributed by atoms with Crippen molar-refractivity contribution in [3.05, 3.63) is 24.3 Å². The molecule has 0 aromatic rings. The van der Waals surface area contributed by atoms with Crippen molar-refractivity contribution in [2.75, 3.05) is 39.6 Å². The van der Waals surface area contributed by atoms with Crippen molar-refractivity contribution in [1.29, 1.82) is 0 Å². The standard InChI is InChI=1S/C79H150O17P2/c1-8-9-10-11-12-13-14-15-16-19-25-32-39-46-53-60-76(81)89-66-74(95-78(83)62-55-48-41-33-26-20-17-18-23-29-36-43-50-57-70(2)3)68-93-97(85,86)91-64-73(80)65-92-98(87,88)94-69-75(67-90-77(82)61-54-47-40-35-28-31-38-45-52-59-72(6)7)96-79(84)63-56-49-42-34-27-22-21-24-30-37-44-51-58-71(4)5/h13-16,70-75,80H,8-12,17-69H2,1-7H3,(H,85,86)(H,87,88)/b14-13-,16-15-/t73-,74-,75-/m1/s1. The molecule has 0 fully saturated rings. The molecule has 98 heavy (non-hydrogen) atoms. The molecule has 0 bridgehead atoms. The monoisotopic (exact) mass is 1430 g/mol. The van der Waals surface area contributed by atoms with E-state index >= 15 is 0 Å². The maximum Gasteiger partial charge on any atom is 0.472 e. The third-order valence-electron chi connectivity index (χ3n) is 17.8. The number of rotatable bonds is 75. The van der Waals surface area contributed by atoms with Gasteiger partial charge in [0.1, 0.15) is 19.3 Å². The summed E-state index contributed by atoms with van der Waals surface area (Å²) in [7, 11) is -9.93. The lowest BCUT2D eigenvalue weighted by Crippen LogP contribution is -2.30. The minimum absolute atomic E-state index is 0.100. The molecular weight excluding hydrogens is 1280 g/mol. The van der Waals surface area contributed by atoms with Crippen molar-refractivity contribution < 1.29 is 80.2 Å². The van der Waals surface area contributed by atoms with Crippen molar-refractivity contribution in [2.45, 2.75) is 401 Å². The number of ether oxygens (including phenoxy) is 4. The van der Waals surface area contributed by atoms with Gasteiger partial charge in [0.15, 0.2) is 12.2 Å². The minimum Gasteiger partial charge on any atom is -0.462 e. The minimum atomic E-state index is -4.97. The molecule has 0 aliphatic rings. The summed E-state index contributed by atoms with van der Waals surface area (Å²) in [6.07, 6.45) is 59.0. The second kappa shape index (κ2) is 68.9. The number of aliphatic hydroxyl groups excluding tert-OH is 1. The van der Waals surface area contributed by atoms with Crippen molar-refractivity contribution >= 4 is 39.5 Å². The van der Waals surface area contributed by atoms with Gasteiger partial charge in [-0.1, -0.05) is 330 Å². The van der Waals surface area contributed by atoms with Crippen LogP contribution in [0.1, 0.15) is 382 Å². The summed E-state index contributed by atoms with van der Waals surface area (Å²) in [5, 5.41) is 10.6. The van der Waals surface area contributed by atoms with Crippen LogP contribution in [0, 0.1) is 17.8 Å². The number of hydrogen-bond donors (Lipinski definition) is 3. The number of phosphoric acid groups is 2. The molecule has 0 aliphatic carbocycles. The lowest BCUT2D eigenvalue weighted by Gasteiger charge is -2.21. The molecular formula is C79H150O17P2. The fourth-order valence-corrected chi connectivity index (χ4v) is 13.2. The predicted octanol–water partition coefficient (Wildman–Crippen LogP) is 22.9. The summed E-state index contributed by atoms with van der Waals surface area (Å²) >= 11 is 0. The zero-order valence-electron chi connectivity index (χ0n) is 63.7. The number of phosphoric ester groups is 2. The van der Waals surface area contributed by atoms with Crippen molar-refractivity contribution in [1.82, 2.24) is 0 Å². The van der Waals surface area contributed by atoms with Crippen molar-refractivity contribution in [3.8, 4) is 0 Å². The molecule has 0 rings (SSSR count). The molecule has 0 amide bonds. The summed E-state index contributed by atoms with van der Waals surface area (Å²) in [6, 6.07) is 0. The number of carbonyl (C=O) groups excluding carboxylic acids is 4. The van der Waals surface area contributed by atoms with Crippen LogP contribution in [-0.2, 0) is 65.4 Å². The van der Waals surface area contributed by atoms with Crippen LogP contribution in [0.25, 0.3) is 0 Å². The largest absolute Gasteiger partial charge is 0.472 e. The zero-order valence-corrected chi connectivity index (χ0v) is 65.5. The summed E-state index contributed by atoms with van der Waals surface area (Å²) in [5.41, 5.74) is 0. The van der Waals surface area contributed by atoms with E-state index in [1.807, 2.05) is 0 Å². The highest BCUT2D eigenvalue weighted by atomic mass is 31.2. The Labute approximate surface area is 599 Å². The molecule has 19 heteroatoms. The van der Waals surface area contributed by atoms with Crippen LogP contribution < -0.4 is 0 Å². The van der Waals surface area contributed by atoms with Gasteiger partial charge in [0.2, 0.25) is 0 Å². The fraction of sp³-hybridized carbons (Fsp3) is 0.899. The van der Waals surface area contributed by atoms with E-state index in [0.29, 0.717) is 25.7 Å². The lowest BCUT2D eigenvalue weighted by atomic mass is 10.0. The van der Waals surface area contributed by atoms with Gasteiger partial charge in [-0.2, -0.15) is 0 Å². The highest BCUT2D eigenvalue weighted by Crippen LogP contribution is 2.45. The Bertz CT molecular complexity index is 2000. The number of carbonyl (C=O) groups is 4. The molecule has 578 valence electrons. The Kier molecular flexibility index (Phi) is 67.2. The molecule has 3 N–H and O–H groups in total. The van der Waals surface area contributed by atoms with Crippen LogP contribution in [0.5, 0.6) is 0 Å². The van der Waals surface area contributed by atoms with E-state index in [9.17, 15) is 43.2 Å². The van der Waals surface area contributed by atoms with Gasteiger partial charge in [-0.15, -0.1) is 0 Å². The Morgan fingerprint density at radius 1 is 0.316 bits per heavy atom. The number of allylic oxidation sites excluding steroid dienone is 4. The van der Waals surface area contributed by atoms with Crippen molar-refractivity contribution in [2.24, 2.45) is 17.8 Å². The lowest BCUT2D eigenvalue weighted by molar-refractivity contribution is -0.161. The molecule has 5 atom stereocenters. The van der Waals surface area contributed by atoms with Gasteiger partial charge in [-0.05, 0) is 69.1 Å². The van der Waals surface area contributed by atoms with Gasteiger partial charge >= 0.3 is 39.5 Å². The van der Waals surface area contributed by atoms with Gasteiger partial charge in [-0.3, -0.25) is 37.3 Å². The predicted molar refractivity (Wildman–Crippen MR) is 400 cm³/mol. The summed E-state index contributed by atoms with van der Waals surface area (Å²) in [6.45, 7) is 11.9. The van der Waals surface area contributed by atoms with Crippen LogP contribution in [0.2, 0.25) is 0 Å². The number of esters is 4. The zero-order chi connectivity index (χ0) is 72.3. The Morgan fingerprint density at radius 2 is 0.551 bits per heavy atom. The second-order valence-corrected chi connectivity index (χ2v) is 32.1. The van der Waals surface area contributed by atoms with E-state index in [4.69, 9.17) is 37.0 Å². The van der Waals surface area contributed by atoms with Gasteiger partial charge in [0.25, 0.3) is 0 Å². The molecule has 0 saturated carbocycles. The van der Waals surface area contributed by atoms with Crippen LogP contribution >= 0.6 is 15.6 Å². The highest BCUT2D eigenvalue weighted by Gasteiger charge is 2.30. The molecule has 0 aliphatic heterocycles. The second-order valence-electron chi connectivity index (χ2n) is 29.2. The molecule has 0 aromatic heterocycles. The normalized spacial score (nSPS) is 14.2. The third kappa shape index (κ3) is 71.9. The maximum absolute atomic E-state index is 13.1. The molecule has 0 spiro atoms. The summed E-state index contributed by atoms with van der Waals surface area (Å²) < 4.78 is 68.6. The smallest absolute Gasteiger partial charge is 0.462 e. The third-order valence-corrected chi connectivity index (χ3v) is 19.7. The van der Waals surface area contributed by atoms with Gasteiger partial charge in [0.05, 0.1) is 26.4 Å². The molecule has 2 unspecified atom stereocenters. The van der Waals surface area contributed by atoms with Crippen LogP contribution in [-0.4, -0.2) is 96.7 Å². The Morgan fingerprint density at radius 3 is 0.827 bits per heavy atom. The SMILES string of the molecule is CCCCCC/C=C\C=C/CCCCCCCC(=O)OC[C@H](COP(=O)(O)OC[C@@H](O)COP(=O)(O)OC[C@@H](COC(=O)CCCCCCCCCCCC(C)C)OC(=O)CCCCCCCCCCCCCCC(C)C)OC(=O)CCCCCCCCCCCCCCCC(C)C. The van der Waals surface area contributed by atoms with Crippen LogP contribution in [0.4, 0.5) is 0 Å². The van der Waals surface area contributed by atoms with E-state index < -0.39 is 97.5 Å².